The van der Waals surface area contributed by atoms with E-state index in [0.717, 1.165) is 12.0 Å². The van der Waals surface area contributed by atoms with Crippen LogP contribution in [0.3, 0.4) is 0 Å². The Morgan fingerprint density at radius 1 is 1.46 bits per heavy atom. The minimum atomic E-state index is 0.139. The normalized spacial score (nSPS) is 11.9. The second kappa shape index (κ2) is 5.76. The summed E-state index contributed by atoms with van der Waals surface area (Å²) >= 11 is 0. The van der Waals surface area contributed by atoms with E-state index in [1.54, 1.807) is 0 Å². The molecule has 0 spiro atoms. The molecule has 0 atom stereocenters. The SMILES string of the molecule is C=CCC(C)(C)/C=C/C(=C)CCO. The zero-order valence-corrected chi connectivity index (χ0v) is 8.71. The van der Waals surface area contributed by atoms with Gasteiger partial charge in [0, 0.05) is 6.61 Å². The van der Waals surface area contributed by atoms with Crippen LogP contribution in [0.4, 0.5) is 0 Å². The molecule has 1 N–H and O–H groups in total. The summed E-state index contributed by atoms with van der Waals surface area (Å²) < 4.78 is 0. The molecule has 0 aromatic heterocycles. The molecule has 1 heteroatoms. The molecular formula is C12H20O. The molecule has 0 unspecified atom stereocenters. The van der Waals surface area contributed by atoms with Crippen molar-refractivity contribution in [2.45, 2.75) is 26.7 Å². The predicted octanol–water partition coefficient (Wildman–Crippen LogP) is 3.08. The molecule has 0 fully saturated rings. The molecule has 0 saturated heterocycles. The van der Waals surface area contributed by atoms with Crippen molar-refractivity contribution < 1.29 is 5.11 Å². The highest BCUT2D eigenvalue weighted by atomic mass is 16.2. The number of hydrogen-bond acceptors (Lipinski definition) is 1. The molecule has 74 valence electrons. The van der Waals surface area contributed by atoms with Crippen LogP contribution in [0.15, 0.2) is 37.0 Å². The van der Waals surface area contributed by atoms with Gasteiger partial charge in [-0.2, -0.15) is 0 Å². The van der Waals surface area contributed by atoms with Gasteiger partial charge < -0.3 is 5.11 Å². The van der Waals surface area contributed by atoms with Gasteiger partial charge in [-0.05, 0) is 18.3 Å². The lowest BCUT2D eigenvalue weighted by molar-refractivity contribution is 0.300. The molecule has 0 aromatic carbocycles. The van der Waals surface area contributed by atoms with Gasteiger partial charge in [0.2, 0.25) is 0 Å². The van der Waals surface area contributed by atoms with Crippen LogP contribution < -0.4 is 0 Å². The standard InChI is InChI=1S/C12H20O/c1-5-8-12(3,4)9-6-11(2)7-10-13/h5-6,9,13H,1-2,7-8,10H2,3-4H3/b9-6+. The summed E-state index contributed by atoms with van der Waals surface area (Å²) in [5.41, 5.74) is 1.11. The lowest BCUT2D eigenvalue weighted by atomic mass is 9.88. The second-order valence-corrected chi connectivity index (χ2v) is 3.95. The fourth-order valence-electron chi connectivity index (χ4n) is 1.01. The van der Waals surface area contributed by atoms with E-state index in [0.29, 0.717) is 6.42 Å². The number of aliphatic hydroxyl groups is 1. The molecule has 0 heterocycles. The lowest BCUT2D eigenvalue weighted by Crippen LogP contribution is -2.05. The Kier molecular flexibility index (Phi) is 5.40. The minimum Gasteiger partial charge on any atom is -0.396 e. The summed E-state index contributed by atoms with van der Waals surface area (Å²) in [5, 5.41) is 8.66. The van der Waals surface area contributed by atoms with E-state index < -0.39 is 0 Å². The Balaban J connectivity index is 4.08. The van der Waals surface area contributed by atoms with E-state index in [2.05, 4.69) is 33.1 Å². The summed E-state index contributed by atoms with van der Waals surface area (Å²) in [6.07, 6.45) is 7.63. The fourth-order valence-corrected chi connectivity index (χ4v) is 1.01. The van der Waals surface area contributed by atoms with Gasteiger partial charge in [-0.15, -0.1) is 6.58 Å². The van der Waals surface area contributed by atoms with Crippen LogP contribution >= 0.6 is 0 Å². The van der Waals surface area contributed by atoms with E-state index in [1.807, 2.05) is 12.2 Å². The van der Waals surface area contributed by atoms with E-state index in [1.165, 1.54) is 0 Å². The fraction of sp³-hybridized carbons (Fsp3) is 0.500. The Morgan fingerprint density at radius 2 is 2.08 bits per heavy atom. The monoisotopic (exact) mass is 180 g/mol. The smallest absolute Gasteiger partial charge is 0.0471 e. The highest BCUT2D eigenvalue weighted by molar-refractivity contribution is 5.17. The van der Waals surface area contributed by atoms with Gasteiger partial charge in [-0.1, -0.05) is 44.2 Å². The van der Waals surface area contributed by atoms with Crippen molar-refractivity contribution in [3.63, 3.8) is 0 Å². The minimum absolute atomic E-state index is 0.139. The number of hydrogen-bond donors (Lipinski definition) is 1. The highest BCUT2D eigenvalue weighted by Crippen LogP contribution is 2.23. The van der Waals surface area contributed by atoms with Crippen LogP contribution in [-0.2, 0) is 0 Å². The summed E-state index contributed by atoms with van der Waals surface area (Å²) in [5.74, 6) is 0. The molecule has 0 amide bonds. The van der Waals surface area contributed by atoms with Crippen molar-refractivity contribution >= 4 is 0 Å². The maximum Gasteiger partial charge on any atom is 0.0471 e. The third-order valence-corrected chi connectivity index (χ3v) is 1.87. The van der Waals surface area contributed by atoms with Crippen LogP contribution in [0.1, 0.15) is 26.7 Å². The van der Waals surface area contributed by atoms with Crippen molar-refractivity contribution in [3.05, 3.63) is 37.0 Å². The molecule has 0 aromatic rings. The molecule has 0 radical (unpaired) electrons. The maximum atomic E-state index is 8.66. The first kappa shape index (κ1) is 12.2. The molecule has 1 nitrogen and oxygen atoms in total. The summed E-state index contributed by atoms with van der Waals surface area (Å²) in [6, 6.07) is 0. The van der Waals surface area contributed by atoms with Gasteiger partial charge >= 0.3 is 0 Å². The topological polar surface area (TPSA) is 20.2 Å². The number of allylic oxidation sites excluding steroid dienone is 3. The zero-order valence-electron chi connectivity index (χ0n) is 8.71. The Bertz CT molecular complexity index is 199. The lowest BCUT2D eigenvalue weighted by Gasteiger charge is -2.17. The van der Waals surface area contributed by atoms with Crippen LogP contribution in [0.5, 0.6) is 0 Å². The van der Waals surface area contributed by atoms with Gasteiger partial charge in [0.1, 0.15) is 0 Å². The average Bonchev–Trinajstić information content (AvgIpc) is 2.02. The van der Waals surface area contributed by atoms with Crippen molar-refractivity contribution in [2.75, 3.05) is 6.61 Å². The first-order valence-corrected chi connectivity index (χ1v) is 4.60. The molecule has 0 aliphatic rings. The van der Waals surface area contributed by atoms with Gasteiger partial charge in [0.25, 0.3) is 0 Å². The first-order chi connectivity index (χ1) is 6.02. The van der Waals surface area contributed by atoms with Gasteiger partial charge in [0.15, 0.2) is 0 Å². The second-order valence-electron chi connectivity index (χ2n) is 3.95. The van der Waals surface area contributed by atoms with Crippen molar-refractivity contribution in [1.82, 2.24) is 0 Å². The third-order valence-electron chi connectivity index (χ3n) is 1.87. The quantitative estimate of drug-likeness (QED) is 0.492. The van der Waals surface area contributed by atoms with Crippen LogP contribution in [0.2, 0.25) is 0 Å². The van der Waals surface area contributed by atoms with Crippen molar-refractivity contribution in [1.29, 1.82) is 0 Å². The van der Waals surface area contributed by atoms with Crippen LogP contribution in [-0.4, -0.2) is 11.7 Å². The van der Waals surface area contributed by atoms with E-state index in [4.69, 9.17) is 5.11 Å². The van der Waals surface area contributed by atoms with Crippen LogP contribution in [0.25, 0.3) is 0 Å². The van der Waals surface area contributed by atoms with Crippen molar-refractivity contribution in [2.24, 2.45) is 5.41 Å². The van der Waals surface area contributed by atoms with Crippen LogP contribution in [0, 0.1) is 5.41 Å². The molecule has 0 aliphatic carbocycles. The van der Waals surface area contributed by atoms with E-state index in [-0.39, 0.29) is 12.0 Å². The summed E-state index contributed by atoms with van der Waals surface area (Å²) in [4.78, 5) is 0. The van der Waals surface area contributed by atoms with Gasteiger partial charge in [-0.25, -0.2) is 0 Å². The number of rotatable bonds is 6. The first-order valence-electron chi connectivity index (χ1n) is 4.60. The average molecular weight is 180 g/mol. The zero-order chi connectivity index (χ0) is 10.3. The molecular weight excluding hydrogens is 160 g/mol. The maximum absolute atomic E-state index is 8.66. The molecule has 13 heavy (non-hydrogen) atoms. The van der Waals surface area contributed by atoms with Gasteiger partial charge in [-0.3, -0.25) is 0 Å². The molecule has 0 bridgehead atoms. The predicted molar refractivity (Wildman–Crippen MR) is 58.6 cm³/mol. The molecule has 0 saturated carbocycles. The summed E-state index contributed by atoms with van der Waals surface area (Å²) in [6.45, 7) is 12.0. The van der Waals surface area contributed by atoms with Crippen molar-refractivity contribution in [3.8, 4) is 0 Å². The number of aliphatic hydroxyl groups excluding tert-OH is 1. The highest BCUT2D eigenvalue weighted by Gasteiger charge is 2.10. The Morgan fingerprint density at radius 3 is 2.54 bits per heavy atom. The summed E-state index contributed by atoms with van der Waals surface area (Å²) in [7, 11) is 0. The Labute approximate surface area is 81.5 Å². The third kappa shape index (κ3) is 6.35. The Hall–Kier alpha value is -0.820. The van der Waals surface area contributed by atoms with Gasteiger partial charge in [0.05, 0.1) is 0 Å². The van der Waals surface area contributed by atoms with E-state index in [9.17, 15) is 0 Å². The molecule has 0 rings (SSSR count). The largest absolute Gasteiger partial charge is 0.396 e. The van der Waals surface area contributed by atoms with E-state index >= 15 is 0 Å². The molecule has 0 aliphatic heterocycles.